The summed E-state index contributed by atoms with van der Waals surface area (Å²) >= 11 is 11.9. The molecule has 0 fully saturated rings. The van der Waals surface area contributed by atoms with E-state index in [0.717, 1.165) is 6.07 Å². The van der Waals surface area contributed by atoms with Crippen LogP contribution in [0.4, 0.5) is 24.9 Å². The first-order valence-electron chi connectivity index (χ1n) is 9.87. The number of halogens is 5. The van der Waals surface area contributed by atoms with Crippen molar-refractivity contribution in [2.45, 2.75) is 18.3 Å². The molecule has 180 valence electrons. The molecule has 0 saturated carbocycles. The van der Waals surface area contributed by atoms with Gasteiger partial charge in [0.15, 0.2) is 0 Å². The number of hydrogen-bond donors (Lipinski definition) is 3. The Hall–Kier alpha value is -3.09. The molecule has 1 aliphatic heterocycles. The molecule has 2 amide bonds. The molecule has 1 aliphatic rings. The third kappa shape index (κ3) is 4.01. The Morgan fingerprint density at radius 3 is 2.68 bits per heavy atom. The van der Waals surface area contributed by atoms with E-state index < -0.39 is 29.6 Å². The molecule has 2 aromatic heterocycles. The summed E-state index contributed by atoms with van der Waals surface area (Å²) in [7, 11) is 1.55. The summed E-state index contributed by atoms with van der Waals surface area (Å²) in [6, 6.07) is 6.65. The maximum absolute atomic E-state index is 14.5. The van der Waals surface area contributed by atoms with Gasteiger partial charge in [-0.25, -0.2) is 9.97 Å². The number of rotatable bonds is 7. The summed E-state index contributed by atoms with van der Waals surface area (Å²) in [6.07, 6.45) is -4.61. The normalized spacial score (nSPS) is 17.5. The number of fused-ring (bicyclic) bond motifs is 3. The van der Waals surface area contributed by atoms with Gasteiger partial charge in [-0.3, -0.25) is 19.5 Å². The monoisotopic (exact) mass is 516 g/mol. The van der Waals surface area contributed by atoms with E-state index in [1.54, 1.807) is 13.2 Å². The third-order valence-corrected chi connectivity index (χ3v) is 5.83. The number of nitrogens with zero attached hydrogens (tertiary/aromatic N) is 3. The summed E-state index contributed by atoms with van der Waals surface area (Å²) < 4.78 is 49.0. The van der Waals surface area contributed by atoms with Crippen LogP contribution in [0.5, 0.6) is 0 Å². The SMILES string of the molecule is COCCCNc1cccc(C(=O)NC2(C(F)(F)F)C(=O)Nc3nc4cc(Cl)c(Cl)cc4n32)n1. The number of imidazole rings is 1. The fourth-order valence-electron chi connectivity index (χ4n) is 3.55. The van der Waals surface area contributed by atoms with Crippen molar-refractivity contribution in [1.82, 2.24) is 19.9 Å². The summed E-state index contributed by atoms with van der Waals surface area (Å²) in [4.78, 5) is 33.7. The number of benzene rings is 1. The van der Waals surface area contributed by atoms with Gasteiger partial charge in [-0.1, -0.05) is 29.3 Å². The molecule has 1 atom stereocenters. The van der Waals surface area contributed by atoms with Crippen LogP contribution in [0, 0.1) is 0 Å². The Kier molecular flexibility index (Phi) is 6.32. The largest absolute Gasteiger partial charge is 0.440 e. The van der Waals surface area contributed by atoms with Crippen molar-refractivity contribution in [3.05, 3.63) is 46.1 Å². The minimum absolute atomic E-state index is 0.0486. The van der Waals surface area contributed by atoms with E-state index in [1.807, 2.05) is 5.32 Å². The number of methoxy groups -OCH3 is 1. The molecule has 34 heavy (non-hydrogen) atoms. The van der Waals surface area contributed by atoms with Crippen LogP contribution in [0.25, 0.3) is 11.0 Å². The van der Waals surface area contributed by atoms with E-state index in [0.29, 0.717) is 24.1 Å². The van der Waals surface area contributed by atoms with Gasteiger partial charge < -0.3 is 15.4 Å². The number of carbonyl (C=O) groups excluding carboxylic acids is 2. The highest BCUT2D eigenvalue weighted by molar-refractivity contribution is 6.42. The number of ether oxygens (including phenoxy) is 1. The standard InChI is InChI=1S/C20H17Cl2F3N6O3/c1-34-7-3-6-26-15-5-2-4-12(27-15)16(32)30-19(20(23,24)25)17(33)29-18-28-13-8-10(21)11(22)9-14(13)31(18)19/h2,4-5,8-9H,3,6-7H2,1H3,(H,26,27)(H,30,32)(H,28,29,33). The van der Waals surface area contributed by atoms with Crippen molar-refractivity contribution < 1.29 is 27.5 Å². The maximum Gasteiger partial charge on any atom is 0.440 e. The van der Waals surface area contributed by atoms with Crippen molar-refractivity contribution in [3.63, 3.8) is 0 Å². The Balaban J connectivity index is 1.73. The fraction of sp³-hybridized carbons (Fsp3) is 0.300. The van der Waals surface area contributed by atoms with Crippen molar-refractivity contribution in [3.8, 4) is 0 Å². The van der Waals surface area contributed by atoms with Gasteiger partial charge in [-0.05, 0) is 30.7 Å². The molecule has 9 nitrogen and oxygen atoms in total. The third-order valence-electron chi connectivity index (χ3n) is 5.10. The second-order valence-electron chi connectivity index (χ2n) is 7.32. The topological polar surface area (TPSA) is 110 Å². The number of nitrogens with one attached hydrogen (secondary N) is 3. The van der Waals surface area contributed by atoms with E-state index in [2.05, 4.69) is 20.6 Å². The molecule has 0 bridgehead atoms. The number of alkyl halides is 3. The quantitative estimate of drug-likeness (QED) is 0.412. The number of aromatic nitrogens is 3. The molecule has 0 spiro atoms. The first-order valence-corrected chi connectivity index (χ1v) is 10.6. The summed E-state index contributed by atoms with van der Waals surface area (Å²) in [5, 5.41) is 6.88. The number of carbonyl (C=O) groups is 2. The first kappa shape index (κ1) is 24.0. The summed E-state index contributed by atoms with van der Waals surface area (Å²) in [5.74, 6) is -2.89. The highest BCUT2D eigenvalue weighted by Crippen LogP contribution is 2.45. The van der Waals surface area contributed by atoms with E-state index >= 15 is 0 Å². The van der Waals surface area contributed by atoms with E-state index in [1.165, 1.54) is 18.2 Å². The Bertz CT molecular complexity index is 1280. The molecule has 4 rings (SSSR count). The van der Waals surface area contributed by atoms with Crippen LogP contribution < -0.4 is 16.0 Å². The van der Waals surface area contributed by atoms with Gasteiger partial charge in [0.25, 0.3) is 17.5 Å². The Morgan fingerprint density at radius 1 is 1.24 bits per heavy atom. The number of amides is 2. The molecule has 3 heterocycles. The zero-order valence-corrected chi connectivity index (χ0v) is 19.0. The van der Waals surface area contributed by atoms with E-state index in [4.69, 9.17) is 27.9 Å². The molecule has 1 aromatic carbocycles. The lowest BCUT2D eigenvalue weighted by molar-refractivity contribution is -0.213. The van der Waals surface area contributed by atoms with Crippen LogP contribution in [0.15, 0.2) is 30.3 Å². The fourth-order valence-corrected chi connectivity index (χ4v) is 3.87. The average molecular weight is 517 g/mol. The second kappa shape index (κ2) is 8.93. The Morgan fingerprint density at radius 2 is 1.97 bits per heavy atom. The second-order valence-corrected chi connectivity index (χ2v) is 8.14. The van der Waals surface area contributed by atoms with Gasteiger partial charge in [0.05, 0.1) is 21.1 Å². The lowest BCUT2D eigenvalue weighted by atomic mass is 10.1. The summed E-state index contributed by atoms with van der Waals surface area (Å²) in [5.41, 5.74) is -3.92. The van der Waals surface area contributed by atoms with Crippen molar-refractivity contribution in [2.24, 2.45) is 0 Å². The van der Waals surface area contributed by atoms with Crippen molar-refractivity contribution >= 4 is 57.8 Å². The molecule has 3 aromatic rings. The number of pyridine rings is 1. The van der Waals surface area contributed by atoms with Gasteiger partial charge in [-0.15, -0.1) is 0 Å². The van der Waals surface area contributed by atoms with Gasteiger partial charge in [0.2, 0.25) is 5.95 Å². The van der Waals surface area contributed by atoms with Crippen molar-refractivity contribution in [2.75, 3.05) is 30.9 Å². The lowest BCUT2D eigenvalue weighted by Crippen LogP contribution is -2.63. The minimum Gasteiger partial charge on any atom is -0.385 e. The van der Waals surface area contributed by atoms with E-state index in [9.17, 15) is 22.8 Å². The van der Waals surface area contributed by atoms with Crippen LogP contribution in [0.2, 0.25) is 10.0 Å². The molecule has 14 heteroatoms. The first-order chi connectivity index (χ1) is 16.1. The van der Waals surface area contributed by atoms with Gasteiger partial charge in [0.1, 0.15) is 11.5 Å². The molecule has 0 aliphatic carbocycles. The van der Waals surface area contributed by atoms with E-state index in [-0.39, 0.29) is 32.6 Å². The average Bonchev–Trinajstić information content (AvgIpc) is 3.25. The zero-order chi connectivity index (χ0) is 24.7. The predicted octanol–water partition coefficient (Wildman–Crippen LogP) is 3.78. The van der Waals surface area contributed by atoms with Crippen LogP contribution in [-0.2, 0) is 15.2 Å². The van der Waals surface area contributed by atoms with Gasteiger partial charge in [-0.2, -0.15) is 13.2 Å². The van der Waals surface area contributed by atoms with Crippen molar-refractivity contribution in [1.29, 1.82) is 0 Å². The van der Waals surface area contributed by atoms with Gasteiger partial charge in [0, 0.05) is 20.3 Å². The molecule has 0 saturated heterocycles. The number of anilines is 2. The summed E-state index contributed by atoms with van der Waals surface area (Å²) in [6.45, 7) is 0.960. The molecular weight excluding hydrogens is 500 g/mol. The van der Waals surface area contributed by atoms with Crippen LogP contribution in [0.3, 0.4) is 0 Å². The maximum atomic E-state index is 14.5. The molecule has 3 N–H and O–H groups in total. The highest BCUT2D eigenvalue weighted by atomic mass is 35.5. The van der Waals surface area contributed by atoms with Crippen LogP contribution in [-0.4, -0.2) is 52.8 Å². The highest BCUT2D eigenvalue weighted by Gasteiger charge is 2.67. The zero-order valence-electron chi connectivity index (χ0n) is 17.5. The molecule has 0 radical (unpaired) electrons. The Labute approximate surface area is 200 Å². The van der Waals surface area contributed by atoms with Crippen LogP contribution >= 0.6 is 23.2 Å². The lowest BCUT2D eigenvalue weighted by Gasteiger charge is -2.31. The molecular formula is C20H17Cl2F3N6O3. The van der Waals surface area contributed by atoms with Gasteiger partial charge >= 0.3 is 6.18 Å². The smallest absolute Gasteiger partial charge is 0.385 e. The molecule has 1 unspecified atom stereocenters. The number of hydrogen-bond acceptors (Lipinski definition) is 6. The van der Waals surface area contributed by atoms with Crippen LogP contribution in [0.1, 0.15) is 16.9 Å². The minimum atomic E-state index is -5.26. The predicted molar refractivity (Wildman–Crippen MR) is 119 cm³/mol.